The molecule has 0 bridgehead atoms. The lowest BCUT2D eigenvalue weighted by molar-refractivity contribution is -0.141. The Hall–Kier alpha value is -1.93. The molecular weight excluding hydrogens is 355 g/mol. The molecule has 25 heavy (non-hydrogen) atoms. The summed E-state index contributed by atoms with van der Waals surface area (Å²) in [7, 11) is 0. The number of rotatable bonds is 4. The highest BCUT2D eigenvalue weighted by Crippen LogP contribution is 2.27. The zero-order valence-corrected chi connectivity index (χ0v) is 14.1. The lowest BCUT2D eigenvalue weighted by Crippen LogP contribution is -2.42. The molecule has 0 amide bonds. The second-order valence-corrected chi connectivity index (χ2v) is 6.36. The van der Waals surface area contributed by atoms with E-state index in [1.54, 1.807) is 12.3 Å². The predicted octanol–water partition coefficient (Wildman–Crippen LogP) is 3.62. The Labute approximate surface area is 148 Å². The molecule has 2 aromatic rings. The molecule has 9 heteroatoms. The third-order valence-electron chi connectivity index (χ3n) is 3.98. The molecule has 0 radical (unpaired) electrons. The highest BCUT2D eigenvalue weighted by Gasteiger charge is 2.33. The third kappa shape index (κ3) is 5.02. The monoisotopic (exact) mass is 371 g/mol. The zero-order chi connectivity index (χ0) is 17.9. The van der Waals surface area contributed by atoms with Crippen molar-refractivity contribution >= 4 is 17.5 Å². The van der Waals surface area contributed by atoms with Crippen molar-refractivity contribution in [1.82, 2.24) is 19.9 Å². The minimum atomic E-state index is -4.47. The molecule has 0 spiro atoms. The zero-order valence-electron chi connectivity index (χ0n) is 13.3. The number of halogens is 4. The van der Waals surface area contributed by atoms with Crippen LogP contribution in [0.3, 0.4) is 0 Å². The Morgan fingerprint density at radius 2 is 2.08 bits per heavy atom. The number of likely N-dealkylation sites (tertiary alicyclic amines) is 1. The maximum absolute atomic E-state index is 12.7. The fourth-order valence-electron chi connectivity index (χ4n) is 2.84. The molecular formula is C16H17ClF3N5. The highest BCUT2D eigenvalue weighted by molar-refractivity contribution is 6.29. The summed E-state index contributed by atoms with van der Waals surface area (Å²) >= 11 is 5.78. The normalized spacial score (nSPS) is 19.0. The van der Waals surface area contributed by atoms with Crippen molar-refractivity contribution in [2.75, 3.05) is 18.4 Å². The van der Waals surface area contributed by atoms with Crippen LogP contribution in [-0.4, -0.2) is 39.0 Å². The van der Waals surface area contributed by atoms with E-state index in [0.29, 0.717) is 18.2 Å². The average molecular weight is 372 g/mol. The molecule has 3 heterocycles. The van der Waals surface area contributed by atoms with E-state index in [1.807, 2.05) is 6.07 Å². The molecule has 1 aliphatic rings. The summed E-state index contributed by atoms with van der Waals surface area (Å²) in [4.78, 5) is 13.7. The van der Waals surface area contributed by atoms with Gasteiger partial charge in [-0.05, 0) is 37.1 Å². The van der Waals surface area contributed by atoms with Gasteiger partial charge in [-0.1, -0.05) is 17.7 Å². The number of nitrogens with one attached hydrogen (secondary N) is 1. The van der Waals surface area contributed by atoms with Crippen LogP contribution in [0.5, 0.6) is 0 Å². The van der Waals surface area contributed by atoms with E-state index in [4.69, 9.17) is 11.6 Å². The summed E-state index contributed by atoms with van der Waals surface area (Å²) in [5, 5.41) is 3.47. The third-order valence-corrected chi connectivity index (χ3v) is 4.20. The molecule has 1 N–H and O–H groups in total. The molecule has 1 aliphatic heterocycles. The molecule has 0 aliphatic carbocycles. The second kappa shape index (κ2) is 7.53. The van der Waals surface area contributed by atoms with Gasteiger partial charge in [0.15, 0.2) is 0 Å². The molecule has 0 saturated carbocycles. The van der Waals surface area contributed by atoms with Gasteiger partial charge in [0.05, 0.1) is 0 Å². The van der Waals surface area contributed by atoms with Gasteiger partial charge < -0.3 is 5.32 Å². The van der Waals surface area contributed by atoms with Crippen LogP contribution >= 0.6 is 11.6 Å². The van der Waals surface area contributed by atoms with Crippen molar-refractivity contribution in [3.63, 3.8) is 0 Å². The van der Waals surface area contributed by atoms with Gasteiger partial charge in [-0.25, -0.2) is 15.0 Å². The topological polar surface area (TPSA) is 53.9 Å². The Morgan fingerprint density at radius 1 is 1.24 bits per heavy atom. The highest BCUT2D eigenvalue weighted by atomic mass is 35.5. The first-order chi connectivity index (χ1) is 11.9. The van der Waals surface area contributed by atoms with Gasteiger partial charge >= 0.3 is 6.18 Å². The molecule has 3 rings (SSSR count). The van der Waals surface area contributed by atoms with Crippen LogP contribution in [0.25, 0.3) is 0 Å². The maximum Gasteiger partial charge on any atom is 0.433 e. The molecule has 0 aromatic carbocycles. The van der Waals surface area contributed by atoms with Crippen LogP contribution in [-0.2, 0) is 12.7 Å². The number of nitrogens with zero attached hydrogens (tertiary/aromatic N) is 4. The van der Waals surface area contributed by atoms with Crippen molar-refractivity contribution in [1.29, 1.82) is 0 Å². The van der Waals surface area contributed by atoms with E-state index in [9.17, 15) is 13.2 Å². The summed E-state index contributed by atoms with van der Waals surface area (Å²) < 4.78 is 38.2. The quantitative estimate of drug-likeness (QED) is 0.832. The largest absolute Gasteiger partial charge is 0.433 e. The number of hydrogen-bond acceptors (Lipinski definition) is 5. The maximum atomic E-state index is 12.7. The number of pyridine rings is 1. The summed E-state index contributed by atoms with van der Waals surface area (Å²) in [5.74, 6) is 0.00911. The molecule has 1 saturated heterocycles. The Balaban J connectivity index is 1.61. The number of aromatic nitrogens is 3. The Bertz CT molecular complexity index is 708. The second-order valence-electron chi connectivity index (χ2n) is 5.97. The van der Waals surface area contributed by atoms with Crippen LogP contribution < -0.4 is 5.32 Å². The van der Waals surface area contributed by atoms with E-state index in [2.05, 4.69) is 25.2 Å². The predicted molar refractivity (Wildman–Crippen MR) is 88.2 cm³/mol. The molecule has 1 atom stereocenters. The van der Waals surface area contributed by atoms with Crippen molar-refractivity contribution in [2.24, 2.45) is 0 Å². The summed E-state index contributed by atoms with van der Waals surface area (Å²) in [6.07, 6.45) is 0.180. The Kier molecular flexibility index (Phi) is 5.39. The molecule has 1 fully saturated rings. The summed E-state index contributed by atoms with van der Waals surface area (Å²) in [6.45, 7) is 2.33. The lowest BCUT2D eigenvalue weighted by Gasteiger charge is -2.33. The van der Waals surface area contributed by atoms with Gasteiger partial charge in [-0.2, -0.15) is 13.2 Å². The van der Waals surface area contributed by atoms with Crippen LogP contribution in [0.15, 0.2) is 30.6 Å². The van der Waals surface area contributed by atoms with Gasteiger partial charge in [0.25, 0.3) is 0 Å². The smallest absolute Gasteiger partial charge is 0.350 e. The minimum absolute atomic E-state index is 0.00232. The first kappa shape index (κ1) is 17.9. The lowest BCUT2D eigenvalue weighted by atomic mass is 10.1. The fourth-order valence-corrected chi connectivity index (χ4v) is 2.96. The van der Waals surface area contributed by atoms with E-state index >= 15 is 0 Å². The fraction of sp³-hybridized carbons (Fsp3) is 0.438. The first-order valence-corrected chi connectivity index (χ1v) is 8.27. The molecule has 134 valence electrons. The molecule has 2 aromatic heterocycles. The van der Waals surface area contributed by atoms with E-state index < -0.39 is 11.9 Å². The van der Waals surface area contributed by atoms with E-state index in [0.717, 1.165) is 37.2 Å². The molecule has 1 unspecified atom stereocenters. The van der Waals surface area contributed by atoms with Crippen LogP contribution in [0, 0.1) is 0 Å². The van der Waals surface area contributed by atoms with Crippen molar-refractivity contribution in [3.05, 3.63) is 47.0 Å². The van der Waals surface area contributed by atoms with Gasteiger partial charge in [-0.15, -0.1) is 0 Å². The van der Waals surface area contributed by atoms with Crippen molar-refractivity contribution in [3.8, 4) is 0 Å². The average Bonchev–Trinajstić information content (AvgIpc) is 2.57. The van der Waals surface area contributed by atoms with Crippen molar-refractivity contribution in [2.45, 2.75) is 31.6 Å². The number of alkyl halides is 3. The number of hydrogen-bond donors (Lipinski definition) is 1. The summed E-state index contributed by atoms with van der Waals surface area (Å²) in [6, 6.07) is 4.53. The standard InChI is InChI=1S/C16H17ClF3N5/c17-14-4-3-11(8-22-14)9-25-7-1-2-12(10-25)23-15-21-6-5-13(24-15)16(18,19)20/h3-6,8,12H,1-2,7,9-10H2,(H,21,23,24). The summed E-state index contributed by atoms with van der Waals surface area (Å²) in [5.41, 5.74) is 0.102. The van der Waals surface area contributed by atoms with E-state index in [1.165, 1.54) is 0 Å². The van der Waals surface area contributed by atoms with Crippen LogP contribution in [0.1, 0.15) is 24.1 Å². The van der Waals surface area contributed by atoms with Gasteiger partial charge in [0, 0.05) is 31.5 Å². The molecule has 5 nitrogen and oxygen atoms in total. The van der Waals surface area contributed by atoms with Crippen LogP contribution in [0.2, 0.25) is 5.15 Å². The minimum Gasteiger partial charge on any atom is -0.350 e. The SMILES string of the molecule is FC(F)(F)c1ccnc(NC2CCCN(Cc3ccc(Cl)nc3)C2)n1. The number of piperidine rings is 1. The Morgan fingerprint density at radius 3 is 2.80 bits per heavy atom. The van der Waals surface area contributed by atoms with Gasteiger partial charge in [0.1, 0.15) is 10.8 Å². The van der Waals surface area contributed by atoms with Gasteiger partial charge in [0.2, 0.25) is 5.95 Å². The number of anilines is 1. The van der Waals surface area contributed by atoms with Crippen LogP contribution in [0.4, 0.5) is 19.1 Å². The van der Waals surface area contributed by atoms with E-state index in [-0.39, 0.29) is 12.0 Å². The van der Waals surface area contributed by atoms with Crippen molar-refractivity contribution < 1.29 is 13.2 Å². The van der Waals surface area contributed by atoms with Gasteiger partial charge in [-0.3, -0.25) is 4.90 Å². The first-order valence-electron chi connectivity index (χ1n) is 7.90.